The summed E-state index contributed by atoms with van der Waals surface area (Å²) in [6.07, 6.45) is 6.68. The summed E-state index contributed by atoms with van der Waals surface area (Å²) in [6.45, 7) is 1.65. The summed E-state index contributed by atoms with van der Waals surface area (Å²) in [5, 5.41) is 6.26. The molecule has 6 heteroatoms. The van der Waals surface area contributed by atoms with Gasteiger partial charge in [0.05, 0.1) is 17.3 Å². The topological polar surface area (TPSA) is 61.4 Å². The molecule has 132 valence electrons. The van der Waals surface area contributed by atoms with Gasteiger partial charge in [0.25, 0.3) is 0 Å². The van der Waals surface area contributed by atoms with Crippen molar-refractivity contribution < 1.29 is 9.59 Å². The first-order chi connectivity index (χ1) is 12.1. The molecule has 0 radical (unpaired) electrons. The van der Waals surface area contributed by atoms with Crippen LogP contribution in [0.4, 0.5) is 11.4 Å². The minimum Gasteiger partial charge on any atom is -0.359 e. The Morgan fingerprint density at radius 1 is 1.24 bits per heavy atom. The quantitative estimate of drug-likeness (QED) is 0.794. The Balaban J connectivity index is 1.44. The average Bonchev–Trinajstić information content (AvgIpc) is 3.47. The standard InChI is InChI=1S/C19H22ClN3O2/c20-16-9-14(5-6-17(16)23-8-7-21-19(25)11-23)22-18(24)10-15(12-1-2-12)13-3-4-13/h5-6,9-10,12-13H,1-4,7-8,11H2,(H,21,25)(H,22,24). The highest BCUT2D eigenvalue weighted by Gasteiger charge is 2.36. The monoisotopic (exact) mass is 359 g/mol. The van der Waals surface area contributed by atoms with Gasteiger partial charge in [-0.3, -0.25) is 9.59 Å². The van der Waals surface area contributed by atoms with Gasteiger partial charge in [-0.25, -0.2) is 0 Å². The Morgan fingerprint density at radius 3 is 2.56 bits per heavy atom. The second-order valence-electron chi connectivity index (χ2n) is 7.12. The lowest BCUT2D eigenvalue weighted by Crippen LogP contribution is -2.47. The lowest BCUT2D eigenvalue weighted by molar-refractivity contribution is -0.120. The van der Waals surface area contributed by atoms with E-state index in [0.29, 0.717) is 35.6 Å². The van der Waals surface area contributed by atoms with Crippen LogP contribution in [0.1, 0.15) is 25.7 Å². The third-order valence-corrected chi connectivity index (χ3v) is 5.29. The Hall–Kier alpha value is -2.01. The fourth-order valence-electron chi connectivity index (χ4n) is 3.42. The number of rotatable bonds is 5. The van der Waals surface area contributed by atoms with Gasteiger partial charge >= 0.3 is 0 Å². The van der Waals surface area contributed by atoms with E-state index in [1.165, 1.54) is 31.3 Å². The summed E-state index contributed by atoms with van der Waals surface area (Å²) in [5.41, 5.74) is 2.84. The summed E-state index contributed by atoms with van der Waals surface area (Å²) in [4.78, 5) is 25.8. The number of hydrogen-bond acceptors (Lipinski definition) is 3. The molecule has 3 aliphatic rings. The van der Waals surface area contributed by atoms with Crippen LogP contribution in [0.2, 0.25) is 5.02 Å². The van der Waals surface area contributed by atoms with Gasteiger partial charge in [0.1, 0.15) is 0 Å². The van der Waals surface area contributed by atoms with E-state index in [0.717, 1.165) is 12.2 Å². The van der Waals surface area contributed by atoms with Crippen LogP contribution >= 0.6 is 11.6 Å². The molecule has 0 spiro atoms. The van der Waals surface area contributed by atoms with Gasteiger partial charge in [-0.05, 0) is 55.7 Å². The smallest absolute Gasteiger partial charge is 0.248 e. The van der Waals surface area contributed by atoms with E-state index in [4.69, 9.17) is 11.6 Å². The van der Waals surface area contributed by atoms with Gasteiger partial charge in [0.2, 0.25) is 11.8 Å². The van der Waals surface area contributed by atoms with E-state index < -0.39 is 0 Å². The third-order valence-electron chi connectivity index (χ3n) is 4.99. The fraction of sp³-hybridized carbons (Fsp3) is 0.474. The minimum atomic E-state index is -0.0741. The van der Waals surface area contributed by atoms with E-state index in [2.05, 4.69) is 10.6 Å². The summed E-state index contributed by atoms with van der Waals surface area (Å²) in [6, 6.07) is 5.46. The summed E-state index contributed by atoms with van der Waals surface area (Å²) >= 11 is 6.38. The molecule has 2 aliphatic carbocycles. The zero-order chi connectivity index (χ0) is 17.4. The first kappa shape index (κ1) is 16.5. The number of benzene rings is 1. The van der Waals surface area contributed by atoms with Crippen molar-refractivity contribution in [2.24, 2.45) is 11.8 Å². The van der Waals surface area contributed by atoms with Crippen LogP contribution in [-0.2, 0) is 9.59 Å². The molecule has 1 saturated heterocycles. The number of anilines is 2. The van der Waals surface area contributed by atoms with Crippen molar-refractivity contribution >= 4 is 34.8 Å². The minimum absolute atomic E-state index is 0.00230. The summed E-state index contributed by atoms with van der Waals surface area (Å²) in [5.74, 6) is 1.19. The van der Waals surface area contributed by atoms with Gasteiger partial charge < -0.3 is 15.5 Å². The average molecular weight is 360 g/mol. The first-order valence-corrected chi connectivity index (χ1v) is 9.31. The van der Waals surface area contributed by atoms with Crippen molar-refractivity contribution in [1.29, 1.82) is 0 Å². The predicted molar refractivity (Wildman–Crippen MR) is 98.8 cm³/mol. The molecule has 2 saturated carbocycles. The van der Waals surface area contributed by atoms with Crippen LogP contribution in [0.5, 0.6) is 0 Å². The molecule has 1 aromatic rings. The van der Waals surface area contributed by atoms with E-state index in [-0.39, 0.29) is 11.8 Å². The normalized spacial score (nSPS) is 20.0. The molecular weight excluding hydrogens is 338 g/mol. The number of carbonyl (C=O) groups excluding carboxylic acids is 2. The summed E-state index contributed by atoms with van der Waals surface area (Å²) in [7, 11) is 0. The Labute approximate surface area is 152 Å². The lowest BCUT2D eigenvalue weighted by atomic mass is 10.1. The number of halogens is 1. The fourth-order valence-corrected chi connectivity index (χ4v) is 3.72. The molecule has 2 amide bonds. The van der Waals surface area contributed by atoms with Crippen molar-refractivity contribution in [2.45, 2.75) is 25.7 Å². The molecule has 0 bridgehead atoms. The van der Waals surface area contributed by atoms with E-state index in [9.17, 15) is 9.59 Å². The number of allylic oxidation sites excluding steroid dienone is 1. The zero-order valence-electron chi connectivity index (χ0n) is 14.1. The van der Waals surface area contributed by atoms with Crippen molar-refractivity contribution in [1.82, 2.24) is 5.32 Å². The number of amides is 2. The highest BCUT2D eigenvalue weighted by Crippen LogP contribution is 2.48. The number of piperazine rings is 1. The van der Waals surface area contributed by atoms with Crippen LogP contribution in [0.15, 0.2) is 29.8 Å². The van der Waals surface area contributed by atoms with Gasteiger partial charge in [0.15, 0.2) is 0 Å². The molecule has 1 heterocycles. The van der Waals surface area contributed by atoms with E-state index in [1.54, 1.807) is 12.1 Å². The maximum Gasteiger partial charge on any atom is 0.248 e. The zero-order valence-corrected chi connectivity index (χ0v) is 14.8. The van der Waals surface area contributed by atoms with Crippen molar-refractivity contribution in [3.05, 3.63) is 34.9 Å². The maximum atomic E-state index is 12.3. The van der Waals surface area contributed by atoms with Crippen molar-refractivity contribution in [3.63, 3.8) is 0 Å². The van der Waals surface area contributed by atoms with Gasteiger partial charge in [0, 0.05) is 24.9 Å². The number of hydrogen-bond donors (Lipinski definition) is 2. The first-order valence-electron chi connectivity index (χ1n) is 8.94. The molecular formula is C19H22ClN3O2. The van der Waals surface area contributed by atoms with Crippen LogP contribution < -0.4 is 15.5 Å². The van der Waals surface area contributed by atoms with Crippen LogP contribution in [-0.4, -0.2) is 31.4 Å². The highest BCUT2D eigenvalue weighted by molar-refractivity contribution is 6.33. The number of nitrogens with zero attached hydrogens (tertiary/aromatic N) is 1. The molecule has 0 atom stereocenters. The molecule has 2 N–H and O–H groups in total. The second kappa shape index (κ2) is 6.71. The van der Waals surface area contributed by atoms with Gasteiger partial charge in [-0.2, -0.15) is 0 Å². The molecule has 5 nitrogen and oxygen atoms in total. The lowest BCUT2D eigenvalue weighted by Gasteiger charge is -2.29. The Kier molecular flexibility index (Phi) is 4.42. The molecule has 25 heavy (non-hydrogen) atoms. The van der Waals surface area contributed by atoms with Gasteiger partial charge in [-0.15, -0.1) is 0 Å². The van der Waals surface area contributed by atoms with E-state index >= 15 is 0 Å². The molecule has 4 rings (SSSR count). The highest BCUT2D eigenvalue weighted by atomic mass is 35.5. The Morgan fingerprint density at radius 2 is 1.96 bits per heavy atom. The SMILES string of the molecule is O=C(C=C(C1CC1)C1CC1)Nc1ccc(N2CCNC(=O)C2)c(Cl)c1. The molecule has 1 aliphatic heterocycles. The number of carbonyl (C=O) groups is 2. The third kappa shape index (κ3) is 3.98. The van der Waals surface area contributed by atoms with Crippen molar-refractivity contribution in [3.8, 4) is 0 Å². The van der Waals surface area contributed by atoms with E-state index in [1.807, 2.05) is 17.0 Å². The van der Waals surface area contributed by atoms with Crippen LogP contribution in [0.3, 0.4) is 0 Å². The molecule has 3 fully saturated rings. The predicted octanol–water partition coefficient (Wildman–Crippen LogP) is 2.96. The molecule has 0 aromatic heterocycles. The summed E-state index contributed by atoms with van der Waals surface area (Å²) < 4.78 is 0. The van der Waals surface area contributed by atoms with Crippen LogP contribution in [0.25, 0.3) is 0 Å². The molecule has 1 aromatic carbocycles. The van der Waals surface area contributed by atoms with Crippen LogP contribution in [0, 0.1) is 11.8 Å². The largest absolute Gasteiger partial charge is 0.359 e. The Bertz CT molecular complexity index is 724. The maximum absolute atomic E-state index is 12.3. The van der Waals surface area contributed by atoms with Crippen molar-refractivity contribution in [2.75, 3.05) is 29.9 Å². The second-order valence-corrected chi connectivity index (χ2v) is 7.53. The molecule has 0 unspecified atom stereocenters. The van der Waals surface area contributed by atoms with Gasteiger partial charge in [-0.1, -0.05) is 17.2 Å². The number of nitrogens with one attached hydrogen (secondary N) is 2.